The second-order valence-electron chi connectivity index (χ2n) is 4.22. The molecule has 0 fully saturated rings. The maximum absolute atomic E-state index is 11.2. The lowest BCUT2D eigenvalue weighted by atomic mass is 10.1. The number of nitrogens with two attached hydrogens (primary N) is 1. The van der Waals surface area contributed by atoms with Gasteiger partial charge in [-0.05, 0) is 26.7 Å². The van der Waals surface area contributed by atoms with E-state index in [0.29, 0.717) is 13.0 Å². The van der Waals surface area contributed by atoms with Gasteiger partial charge >= 0.3 is 0 Å². The third-order valence-electron chi connectivity index (χ3n) is 1.74. The van der Waals surface area contributed by atoms with E-state index in [1.807, 2.05) is 13.8 Å². The van der Waals surface area contributed by atoms with E-state index >= 15 is 0 Å². The van der Waals surface area contributed by atoms with Crippen LogP contribution in [-0.2, 0) is 9.53 Å². The highest BCUT2D eigenvalue weighted by atomic mass is 35.5. The minimum atomic E-state index is -0.331. The van der Waals surface area contributed by atoms with E-state index in [2.05, 4.69) is 5.32 Å². The molecule has 15 heavy (non-hydrogen) atoms. The summed E-state index contributed by atoms with van der Waals surface area (Å²) in [6.07, 6.45) is 2.35. The van der Waals surface area contributed by atoms with Crippen molar-refractivity contribution in [2.75, 3.05) is 20.3 Å². The van der Waals surface area contributed by atoms with Gasteiger partial charge in [-0.3, -0.25) is 4.79 Å². The number of rotatable bonds is 7. The molecule has 0 bridgehead atoms. The number of carbonyl (C=O) groups excluding carboxylic acids is 1. The predicted octanol–water partition coefficient (Wildman–Crippen LogP) is 1.08. The highest BCUT2D eigenvalue weighted by Crippen LogP contribution is 1.97. The average molecular weight is 239 g/mol. The van der Waals surface area contributed by atoms with Crippen molar-refractivity contribution >= 4 is 18.3 Å². The summed E-state index contributed by atoms with van der Waals surface area (Å²) in [7, 11) is 1.66. The monoisotopic (exact) mass is 238 g/mol. The fourth-order valence-corrected chi connectivity index (χ4v) is 0.947. The van der Waals surface area contributed by atoms with Gasteiger partial charge in [-0.1, -0.05) is 0 Å². The molecule has 0 saturated heterocycles. The number of methoxy groups -OCH3 is 1. The first kappa shape index (κ1) is 17.1. The van der Waals surface area contributed by atoms with E-state index in [4.69, 9.17) is 10.5 Å². The van der Waals surface area contributed by atoms with Crippen LogP contribution in [0, 0.1) is 0 Å². The molecule has 1 amide bonds. The summed E-state index contributed by atoms with van der Waals surface area (Å²) in [6.45, 7) is 5.02. The molecule has 0 atom stereocenters. The maximum atomic E-state index is 11.2. The third kappa shape index (κ3) is 13.7. The van der Waals surface area contributed by atoms with Gasteiger partial charge in [-0.25, -0.2) is 0 Å². The predicted molar refractivity (Wildman–Crippen MR) is 64.3 cm³/mol. The lowest BCUT2D eigenvalue weighted by Gasteiger charge is -2.18. The summed E-state index contributed by atoms with van der Waals surface area (Å²) in [5.74, 6) is 0.0691. The van der Waals surface area contributed by atoms with Crippen LogP contribution in [-0.4, -0.2) is 31.7 Å². The summed E-state index contributed by atoms with van der Waals surface area (Å²) >= 11 is 0. The summed E-state index contributed by atoms with van der Waals surface area (Å²) in [6, 6.07) is 0. The number of unbranched alkanes of at least 4 members (excludes halogenated alkanes) is 1. The van der Waals surface area contributed by atoms with Crippen molar-refractivity contribution in [3.05, 3.63) is 0 Å². The highest BCUT2D eigenvalue weighted by Gasteiger charge is 2.11. The van der Waals surface area contributed by atoms with E-state index in [1.54, 1.807) is 7.11 Å². The van der Waals surface area contributed by atoms with Crippen molar-refractivity contribution in [3.63, 3.8) is 0 Å². The van der Waals surface area contributed by atoms with Crippen LogP contribution in [0.4, 0.5) is 0 Å². The smallest absolute Gasteiger partial charge is 0.220 e. The largest absolute Gasteiger partial charge is 0.385 e. The number of hydrogen-bond acceptors (Lipinski definition) is 3. The highest BCUT2D eigenvalue weighted by molar-refractivity contribution is 5.85. The molecule has 0 rings (SSSR count). The van der Waals surface area contributed by atoms with Crippen LogP contribution in [0.2, 0.25) is 0 Å². The van der Waals surface area contributed by atoms with Crippen molar-refractivity contribution in [1.29, 1.82) is 0 Å². The zero-order valence-corrected chi connectivity index (χ0v) is 10.7. The van der Waals surface area contributed by atoms with E-state index in [-0.39, 0.29) is 23.9 Å². The quantitative estimate of drug-likeness (QED) is 0.653. The van der Waals surface area contributed by atoms with Crippen molar-refractivity contribution in [2.24, 2.45) is 5.73 Å². The lowest BCUT2D eigenvalue weighted by molar-refractivity contribution is -0.121. The molecule has 0 aliphatic carbocycles. The molecule has 0 radical (unpaired) electrons. The topological polar surface area (TPSA) is 64.3 Å². The molecule has 0 aliphatic rings. The summed E-state index contributed by atoms with van der Waals surface area (Å²) in [5.41, 5.74) is 5.39. The first-order valence-electron chi connectivity index (χ1n) is 5.00. The summed E-state index contributed by atoms with van der Waals surface area (Å²) in [5, 5.41) is 2.79. The van der Waals surface area contributed by atoms with Gasteiger partial charge in [-0.15, -0.1) is 12.4 Å². The SMILES string of the molecule is COCCCCC(=O)NCC(C)(C)N.Cl. The standard InChI is InChI=1S/C10H22N2O2.ClH/c1-10(2,11)8-12-9(13)6-4-5-7-14-3;/h4-8,11H2,1-3H3,(H,12,13);1H. The first-order chi connectivity index (χ1) is 6.45. The number of carbonyl (C=O) groups is 1. The number of nitrogens with one attached hydrogen (secondary N) is 1. The Morgan fingerprint density at radius 2 is 2.00 bits per heavy atom. The molecule has 0 unspecified atom stereocenters. The fraction of sp³-hybridized carbons (Fsp3) is 0.900. The van der Waals surface area contributed by atoms with Gasteiger partial charge in [0.05, 0.1) is 0 Å². The van der Waals surface area contributed by atoms with Gasteiger partial charge in [0.1, 0.15) is 0 Å². The Labute approximate surface area is 98.3 Å². The molecular weight excluding hydrogens is 216 g/mol. The van der Waals surface area contributed by atoms with Gasteiger partial charge in [0.2, 0.25) is 5.91 Å². The molecule has 0 aromatic rings. The molecular formula is C10H23ClN2O2. The zero-order valence-electron chi connectivity index (χ0n) is 9.84. The second-order valence-corrected chi connectivity index (χ2v) is 4.22. The second kappa shape index (κ2) is 8.95. The number of halogens is 1. The molecule has 92 valence electrons. The number of amides is 1. The van der Waals surface area contributed by atoms with Crippen molar-refractivity contribution in [2.45, 2.75) is 38.6 Å². The van der Waals surface area contributed by atoms with Gasteiger partial charge in [-0.2, -0.15) is 0 Å². The van der Waals surface area contributed by atoms with Crippen molar-refractivity contribution in [3.8, 4) is 0 Å². The molecule has 3 N–H and O–H groups in total. The molecule has 5 heteroatoms. The average Bonchev–Trinajstić information content (AvgIpc) is 2.08. The Bertz CT molecular complexity index is 169. The molecule has 0 heterocycles. The fourth-order valence-electron chi connectivity index (χ4n) is 0.947. The van der Waals surface area contributed by atoms with Crippen molar-refractivity contribution in [1.82, 2.24) is 5.32 Å². The van der Waals surface area contributed by atoms with E-state index in [0.717, 1.165) is 19.4 Å². The van der Waals surface area contributed by atoms with Gasteiger partial charge in [0, 0.05) is 32.2 Å². The van der Waals surface area contributed by atoms with Gasteiger partial charge in [0.15, 0.2) is 0 Å². The van der Waals surface area contributed by atoms with Gasteiger partial charge < -0.3 is 15.8 Å². The molecule has 0 spiro atoms. The molecule has 0 saturated carbocycles. The van der Waals surface area contributed by atoms with Crippen LogP contribution < -0.4 is 11.1 Å². The number of ether oxygens (including phenoxy) is 1. The van der Waals surface area contributed by atoms with E-state index in [9.17, 15) is 4.79 Å². The number of hydrogen-bond donors (Lipinski definition) is 2. The maximum Gasteiger partial charge on any atom is 0.220 e. The van der Waals surface area contributed by atoms with Gasteiger partial charge in [0.25, 0.3) is 0 Å². The minimum absolute atomic E-state index is 0. The molecule has 0 aliphatic heterocycles. The van der Waals surface area contributed by atoms with E-state index < -0.39 is 0 Å². The summed E-state index contributed by atoms with van der Waals surface area (Å²) in [4.78, 5) is 11.2. The van der Waals surface area contributed by atoms with Crippen LogP contribution in [0.25, 0.3) is 0 Å². The third-order valence-corrected chi connectivity index (χ3v) is 1.74. The zero-order chi connectivity index (χ0) is 11.0. The Morgan fingerprint density at radius 1 is 1.40 bits per heavy atom. The van der Waals surface area contributed by atoms with E-state index in [1.165, 1.54) is 0 Å². The first-order valence-corrected chi connectivity index (χ1v) is 5.00. The Balaban J connectivity index is 0. The Kier molecular flexibility index (Phi) is 10.2. The Morgan fingerprint density at radius 3 is 2.47 bits per heavy atom. The Hall–Kier alpha value is -0.320. The summed E-state index contributed by atoms with van der Waals surface area (Å²) < 4.78 is 4.89. The van der Waals surface area contributed by atoms with Crippen molar-refractivity contribution < 1.29 is 9.53 Å². The normalized spacial score (nSPS) is 10.7. The van der Waals surface area contributed by atoms with Crippen LogP contribution in [0.5, 0.6) is 0 Å². The van der Waals surface area contributed by atoms with Crippen LogP contribution in [0.1, 0.15) is 33.1 Å². The van der Waals surface area contributed by atoms with Crippen LogP contribution in [0.15, 0.2) is 0 Å². The lowest BCUT2D eigenvalue weighted by Crippen LogP contribution is -2.45. The van der Waals surface area contributed by atoms with Crippen LogP contribution >= 0.6 is 12.4 Å². The molecule has 0 aromatic carbocycles. The molecule has 0 aromatic heterocycles. The van der Waals surface area contributed by atoms with Crippen LogP contribution in [0.3, 0.4) is 0 Å². The minimum Gasteiger partial charge on any atom is -0.385 e. The molecule has 4 nitrogen and oxygen atoms in total.